The zero-order valence-electron chi connectivity index (χ0n) is 10.1. The molecule has 0 saturated carbocycles. The molecule has 0 aliphatic carbocycles. The predicted octanol–water partition coefficient (Wildman–Crippen LogP) is -0.555. The lowest BCUT2D eigenvalue weighted by molar-refractivity contribution is -0.123. The first-order chi connectivity index (χ1) is 9.00. The van der Waals surface area contributed by atoms with Crippen LogP contribution in [0.3, 0.4) is 0 Å². The molecule has 1 aromatic heterocycles. The molecule has 1 aliphatic heterocycles. The standard InChI is InChI=1S/C11H14N4O4/c12-9(16)6-2-1-3-15(4-6)10(17)7-8(11(18)19)14-5-13-7/h5-6H,1-4H2,(H2,12,16)(H,13,14)(H,18,19). The van der Waals surface area contributed by atoms with Crippen molar-refractivity contribution in [3.05, 3.63) is 17.7 Å². The number of carbonyl (C=O) groups is 3. The van der Waals surface area contributed by atoms with Gasteiger partial charge in [-0.25, -0.2) is 9.78 Å². The molecule has 0 aromatic carbocycles. The van der Waals surface area contributed by atoms with Crippen LogP contribution in [0.4, 0.5) is 0 Å². The fourth-order valence-electron chi connectivity index (χ4n) is 2.16. The van der Waals surface area contributed by atoms with Crippen LogP contribution >= 0.6 is 0 Å². The van der Waals surface area contributed by atoms with Crippen LogP contribution in [0, 0.1) is 5.92 Å². The lowest BCUT2D eigenvalue weighted by Gasteiger charge is -2.30. The lowest BCUT2D eigenvalue weighted by Crippen LogP contribution is -2.44. The van der Waals surface area contributed by atoms with Crippen molar-refractivity contribution in [2.24, 2.45) is 11.7 Å². The van der Waals surface area contributed by atoms with Gasteiger partial charge in [0.05, 0.1) is 12.2 Å². The third-order valence-electron chi connectivity index (χ3n) is 3.17. The zero-order chi connectivity index (χ0) is 14.0. The van der Waals surface area contributed by atoms with Crippen LogP contribution in [0.25, 0.3) is 0 Å². The molecule has 102 valence electrons. The lowest BCUT2D eigenvalue weighted by atomic mass is 9.97. The largest absolute Gasteiger partial charge is 0.477 e. The number of primary amides is 1. The number of imidazole rings is 1. The van der Waals surface area contributed by atoms with E-state index in [0.29, 0.717) is 19.4 Å². The number of hydrogen-bond acceptors (Lipinski definition) is 4. The van der Waals surface area contributed by atoms with Gasteiger partial charge in [0.2, 0.25) is 5.91 Å². The normalized spacial score (nSPS) is 19.2. The number of piperidine rings is 1. The number of amides is 2. The molecule has 0 spiro atoms. The summed E-state index contributed by atoms with van der Waals surface area (Å²) < 4.78 is 0. The van der Waals surface area contributed by atoms with Gasteiger partial charge in [0.25, 0.3) is 5.91 Å². The van der Waals surface area contributed by atoms with Crippen molar-refractivity contribution in [1.29, 1.82) is 0 Å². The molecule has 0 radical (unpaired) electrons. The number of aromatic amines is 1. The number of carbonyl (C=O) groups excluding carboxylic acids is 2. The summed E-state index contributed by atoms with van der Waals surface area (Å²) >= 11 is 0. The smallest absolute Gasteiger partial charge is 0.354 e. The Bertz CT molecular complexity index is 525. The molecule has 1 saturated heterocycles. The van der Waals surface area contributed by atoms with Crippen molar-refractivity contribution in [1.82, 2.24) is 14.9 Å². The van der Waals surface area contributed by atoms with Gasteiger partial charge in [-0.15, -0.1) is 0 Å². The van der Waals surface area contributed by atoms with E-state index in [1.54, 1.807) is 0 Å². The van der Waals surface area contributed by atoms with Crippen LogP contribution in [0.15, 0.2) is 6.33 Å². The topological polar surface area (TPSA) is 129 Å². The second-order valence-corrected chi connectivity index (χ2v) is 4.42. The average molecular weight is 266 g/mol. The minimum Gasteiger partial charge on any atom is -0.477 e. The van der Waals surface area contributed by atoms with Crippen molar-refractivity contribution >= 4 is 17.8 Å². The summed E-state index contributed by atoms with van der Waals surface area (Å²) in [6.07, 6.45) is 2.46. The van der Waals surface area contributed by atoms with E-state index in [2.05, 4.69) is 9.97 Å². The van der Waals surface area contributed by atoms with Gasteiger partial charge in [-0.3, -0.25) is 9.59 Å². The molecule has 19 heavy (non-hydrogen) atoms. The first-order valence-corrected chi connectivity index (χ1v) is 5.86. The number of aromatic nitrogens is 2. The van der Waals surface area contributed by atoms with Crippen molar-refractivity contribution in [2.45, 2.75) is 12.8 Å². The highest BCUT2D eigenvalue weighted by atomic mass is 16.4. The number of likely N-dealkylation sites (tertiary alicyclic amines) is 1. The van der Waals surface area contributed by atoms with Gasteiger partial charge in [0.1, 0.15) is 0 Å². The highest BCUT2D eigenvalue weighted by molar-refractivity contribution is 6.02. The van der Waals surface area contributed by atoms with E-state index in [1.165, 1.54) is 4.90 Å². The van der Waals surface area contributed by atoms with Crippen molar-refractivity contribution in [2.75, 3.05) is 13.1 Å². The van der Waals surface area contributed by atoms with E-state index < -0.39 is 17.8 Å². The number of H-pyrrole nitrogens is 1. The first kappa shape index (κ1) is 13.1. The molecule has 0 bridgehead atoms. The molecule has 1 atom stereocenters. The van der Waals surface area contributed by atoms with Gasteiger partial charge in [-0.1, -0.05) is 0 Å². The highest BCUT2D eigenvalue weighted by Crippen LogP contribution is 2.18. The minimum atomic E-state index is -1.25. The molecule has 1 aliphatic rings. The number of hydrogen-bond donors (Lipinski definition) is 3. The van der Waals surface area contributed by atoms with Gasteiger partial charge in [-0.2, -0.15) is 0 Å². The Hall–Kier alpha value is -2.38. The number of carboxylic acids is 1. The Morgan fingerprint density at radius 1 is 1.47 bits per heavy atom. The summed E-state index contributed by atoms with van der Waals surface area (Å²) in [5.74, 6) is -2.57. The monoisotopic (exact) mass is 266 g/mol. The van der Waals surface area contributed by atoms with E-state index in [4.69, 9.17) is 10.8 Å². The van der Waals surface area contributed by atoms with Gasteiger partial charge < -0.3 is 20.7 Å². The number of nitrogens with zero attached hydrogens (tertiary/aromatic N) is 2. The van der Waals surface area contributed by atoms with E-state index in [-0.39, 0.29) is 23.9 Å². The van der Waals surface area contributed by atoms with Gasteiger partial charge in [-0.05, 0) is 12.8 Å². The average Bonchev–Trinajstić information content (AvgIpc) is 2.87. The molecule has 8 heteroatoms. The SMILES string of the molecule is NC(=O)C1CCCN(C(=O)c2nc[nH]c2C(=O)O)C1. The van der Waals surface area contributed by atoms with E-state index >= 15 is 0 Å². The van der Waals surface area contributed by atoms with Crippen LogP contribution in [-0.2, 0) is 4.79 Å². The van der Waals surface area contributed by atoms with E-state index in [9.17, 15) is 14.4 Å². The van der Waals surface area contributed by atoms with Crippen molar-refractivity contribution in [3.63, 3.8) is 0 Å². The fourth-order valence-corrected chi connectivity index (χ4v) is 2.16. The number of carboxylic acid groups (broad SMARTS) is 1. The zero-order valence-corrected chi connectivity index (χ0v) is 10.1. The molecule has 8 nitrogen and oxygen atoms in total. The van der Waals surface area contributed by atoms with Crippen LogP contribution in [0.2, 0.25) is 0 Å². The summed E-state index contributed by atoms with van der Waals surface area (Å²) in [6.45, 7) is 0.675. The minimum absolute atomic E-state index is 0.141. The first-order valence-electron chi connectivity index (χ1n) is 5.86. The second kappa shape index (κ2) is 5.09. The van der Waals surface area contributed by atoms with Crippen LogP contribution in [0.5, 0.6) is 0 Å². The Morgan fingerprint density at radius 2 is 2.21 bits per heavy atom. The number of nitrogens with one attached hydrogen (secondary N) is 1. The third-order valence-corrected chi connectivity index (χ3v) is 3.17. The fraction of sp³-hybridized carbons (Fsp3) is 0.455. The van der Waals surface area contributed by atoms with Gasteiger partial charge in [0.15, 0.2) is 11.4 Å². The maximum absolute atomic E-state index is 12.2. The number of nitrogens with two attached hydrogens (primary N) is 1. The van der Waals surface area contributed by atoms with Crippen LogP contribution in [0.1, 0.15) is 33.8 Å². The predicted molar refractivity (Wildman–Crippen MR) is 63.4 cm³/mol. The Balaban J connectivity index is 2.17. The van der Waals surface area contributed by atoms with Crippen LogP contribution < -0.4 is 5.73 Å². The summed E-state index contributed by atoms with van der Waals surface area (Å²) in [7, 11) is 0. The molecule has 1 unspecified atom stereocenters. The van der Waals surface area contributed by atoms with Crippen LogP contribution in [-0.4, -0.2) is 50.8 Å². The summed E-state index contributed by atoms with van der Waals surface area (Å²) in [5, 5.41) is 8.93. The second-order valence-electron chi connectivity index (χ2n) is 4.42. The van der Waals surface area contributed by atoms with Crippen molar-refractivity contribution < 1.29 is 19.5 Å². The Labute approximate surface area is 108 Å². The molecular weight excluding hydrogens is 252 g/mol. The van der Waals surface area contributed by atoms with Gasteiger partial charge in [0, 0.05) is 13.1 Å². The Morgan fingerprint density at radius 3 is 2.84 bits per heavy atom. The summed E-state index contributed by atoms with van der Waals surface area (Å²) in [5.41, 5.74) is 4.85. The molecule has 2 heterocycles. The highest BCUT2D eigenvalue weighted by Gasteiger charge is 2.30. The maximum atomic E-state index is 12.2. The number of rotatable bonds is 3. The third kappa shape index (κ3) is 2.56. The Kier molecular flexibility index (Phi) is 3.50. The van der Waals surface area contributed by atoms with Crippen molar-refractivity contribution in [3.8, 4) is 0 Å². The van der Waals surface area contributed by atoms with E-state index in [1.807, 2.05) is 0 Å². The van der Waals surface area contributed by atoms with E-state index in [0.717, 1.165) is 6.33 Å². The molecule has 1 fully saturated rings. The maximum Gasteiger partial charge on any atom is 0.354 e. The molecule has 2 amide bonds. The molecule has 1 aromatic rings. The molecule has 4 N–H and O–H groups in total. The molecular formula is C11H14N4O4. The molecule has 2 rings (SSSR count). The van der Waals surface area contributed by atoms with Gasteiger partial charge >= 0.3 is 5.97 Å². The summed E-state index contributed by atoms with van der Waals surface area (Å²) in [6, 6.07) is 0. The number of aromatic carboxylic acids is 1. The quantitative estimate of drug-likeness (QED) is 0.675. The summed E-state index contributed by atoms with van der Waals surface area (Å²) in [4.78, 5) is 41.8.